The van der Waals surface area contributed by atoms with Crippen LogP contribution in [-0.4, -0.2) is 39.6 Å². The predicted octanol–water partition coefficient (Wildman–Crippen LogP) is 3.17. The molecule has 3 rings (SSSR count). The number of nitrogens with zero attached hydrogens (tertiary/aromatic N) is 3. The quantitative estimate of drug-likeness (QED) is 0.666. The minimum Gasteiger partial charge on any atom is -0.356 e. The Hall–Kier alpha value is -2.41. The van der Waals surface area contributed by atoms with Gasteiger partial charge in [0.25, 0.3) is 5.91 Å². The summed E-state index contributed by atoms with van der Waals surface area (Å²) in [6.07, 6.45) is 5.10. The van der Waals surface area contributed by atoms with Crippen LogP contribution < -0.4 is 5.32 Å². The van der Waals surface area contributed by atoms with Crippen molar-refractivity contribution in [3.63, 3.8) is 0 Å². The van der Waals surface area contributed by atoms with E-state index >= 15 is 0 Å². The van der Waals surface area contributed by atoms with Gasteiger partial charge in [-0.25, -0.2) is 0 Å². The second kappa shape index (κ2) is 9.19. The van der Waals surface area contributed by atoms with E-state index in [2.05, 4.69) is 32.9 Å². The van der Waals surface area contributed by atoms with Gasteiger partial charge in [-0.15, -0.1) is 6.58 Å². The molecule has 2 aromatic rings. The van der Waals surface area contributed by atoms with Crippen molar-refractivity contribution < 1.29 is 9.59 Å². The first-order valence-corrected chi connectivity index (χ1v) is 10.2. The standard InChI is InChI=1S/C21H25BrN4O2/c1-3-9-25(14-16-4-6-18(22)7-5-16)21(28)19-13-24-26-10-8-17(11-20(19)26)12-23-15(2)27/h3-7,13,17H,1,8-12,14H2,2H3,(H,23,27). The molecule has 2 amide bonds. The van der Waals surface area contributed by atoms with Gasteiger partial charge >= 0.3 is 0 Å². The van der Waals surface area contributed by atoms with E-state index < -0.39 is 0 Å². The molecule has 6 nitrogen and oxygen atoms in total. The summed E-state index contributed by atoms with van der Waals surface area (Å²) in [5.74, 6) is 0.255. The summed E-state index contributed by atoms with van der Waals surface area (Å²) in [5.41, 5.74) is 2.66. The topological polar surface area (TPSA) is 67.2 Å². The van der Waals surface area contributed by atoms with Crippen LogP contribution in [0.1, 0.15) is 35.0 Å². The molecule has 1 N–H and O–H groups in total. The SMILES string of the molecule is C=CCN(Cc1ccc(Br)cc1)C(=O)c1cnn2c1CC(CNC(C)=O)CC2. The predicted molar refractivity (Wildman–Crippen MR) is 112 cm³/mol. The van der Waals surface area contributed by atoms with Crippen LogP contribution in [0, 0.1) is 5.92 Å². The molecule has 0 saturated heterocycles. The summed E-state index contributed by atoms with van der Waals surface area (Å²) >= 11 is 3.44. The summed E-state index contributed by atoms with van der Waals surface area (Å²) < 4.78 is 2.93. The Bertz CT molecular complexity index is 860. The number of fused-ring (bicyclic) bond motifs is 1. The van der Waals surface area contributed by atoms with Crippen LogP contribution in [0.2, 0.25) is 0 Å². The van der Waals surface area contributed by atoms with E-state index in [4.69, 9.17) is 0 Å². The minimum absolute atomic E-state index is 0.0259. The summed E-state index contributed by atoms with van der Waals surface area (Å²) in [4.78, 5) is 26.3. The van der Waals surface area contributed by atoms with Crippen LogP contribution in [0.3, 0.4) is 0 Å². The van der Waals surface area contributed by atoms with Crippen LogP contribution in [-0.2, 0) is 24.3 Å². The number of carbonyl (C=O) groups is 2. The third-order valence-electron chi connectivity index (χ3n) is 4.97. The lowest BCUT2D eigenvalue weighted by molar-refractivity contribution is -0.119. The first kappa shape index (κ1) is 20.3. The van der Waals surface area contributed by atoms with Gasteiger partial charge in [-0.05, 0) is 36.5 Å². The second-order valence-corrected chi connectivity index (χ2v) is 8.04. The van der Waals surface area contributed by atoms with E-state index in [-0.39, 0.29) is 11.8 Å². The molecule has 2 heterocycles. The summed E-state index contributed by atoms with van der Waals surface area (Å²) in [6, 6.07) is 7.95. The van der Waals surface area contributed by atoms with Crippen LogP contribution in [0.25, 0.3) is 0 Å². The Labute approximate surface area is 173 Å². The molecule has 0 bridgehead atoms. The molecule has 1 aliphatic heterocycles. The highest BCUT2D eigenvalue weighted by Crippen LogP contribution is 2.24. The smallest absolute Gasteiger partial charge is 0.257 e. The van der Waals surface area contributed by atoms with Gasteiger partial charge in [0.1, 0.15) is 0 Å². The van der Waals surface area contributed by atoms with Gasteiger partial charge in [-0.2, -0.15) is 5.10 Å². The molecule has 1 aromatic heterocycles. The van der Waals surface area contributed by atoms with Crippen LogP contribution in [0.4, 0.5) is 0 Å². The van der Waals surface area contributed by atoms with Crippen molar-refractivity contribution in [3.05, 3.63) is 64.4 Å². The van der Waals surface area contributed by atoms with Gasteiger partial charge in [-0.3, -0.25) is 14.3 Å². The number of aryl methyl sites for hydroxylation is 1. The Balaban J connectivity index is 1.77. The number of halogens is 1. The fourth-order valence-electron chi connectivity index (χ4n) is 3.50. The number of hydrogen-bond acceptors (Lipinski definition) is 3. The molecule has 1 aromatic carbocycles. The van der Waals surface area contributed by atoms with Crippen molar-refractivity contribution in [3.8, 4) is 0 Å². The number of amides is 2. The molecule has 148 valence electrons. The van der Waals surface area contributed by atoms with E-state index in [9.17, 15) is 9.59 Å². The monoisotopic (exact) mass is 444 g/mol. The lowest BCUT2D eigenvalue weighted by Crippen LogP contribution is -2.34. The molecule has 28 heavy (non-hydrogen) atoms. The highest BCUT2D eigenvalue weighted by Gasteiger charge is 2.27. The third kappa shape index (κ3) is 4.90. The van der Waals surface area contributed by atoms with Crippen molar-refractivity contribution in [2.24, 2.45) is 5.92 Å². The zero-order chi connectivity index (χ0) is 20.1. The van der Waals surface area contributed by atoms with E-state index in [0.717, 1.165) is 35.1 Å². The first-order valence-electron chi connectivity index (χ1n) is 9.41. The molecule has 1 atom stereocenters. The number of benzene rings is 1. The van der Waals surface area contributed by atoms with Crippen LogP contribution in [0.15, 0.2) is 47.6 Å². The van der Waals surface area contributed by atoms with Gasteiger partial charge in [0.05, 0.1) is 17.5 Å². The van der Waals surface area contributed by atoms with Crippen LogP contribution >= 0.6 is 15.9 Å². The Morgan fingerprint density at radius 3 is 2.82 bits per heavy atom. The molecule has 1 aliphatic rings. The molecule has 0 radical (unpaired) electrons. The number of hydrogen-bond donors (Lipinski definition) is 1. The van der Waals surface area contributed by atoms with Crippen molar-refractivity contribution in [1.82, 2.24) is 20.0 Å². The lowest BCUT2D eigenvalue weighted by Gasteiger charge is -2.26. The summed E-state index contributed by atoms with van der Waals surface area (Å²) in [6.45, 7) is 7.70. The Morgan fingerprint density at radius 1 is 1.39 bits per heavy atom. The maximum atomic E-state index is 13.3. The lowest BCUT2D eigenvalue weighted by atomic mass is 9.94. The first-order chi connectivity index (χ1) is 13.5. The van der Waals surface area contributed by atoms with E-state index in [0.29, 0.717) is 31.1 Å². The molecule has 0 spiro atoms. The van der Waals surface area contributed by atoms with Crippen molar-refractivity contribution in [1.29, 1.82) is 0 Å². The molecule has 0 aliphatic carbocycles. The molecule has 0 saturated carbocycles. The highest BCUT2D eigenvalue weighted by molar-refractivity contribution is 9.10. The molecule has 0 fully saturated rings. The van der Waals surface area contributed by atoms with Crippen molar-refractivity contribution in [2.75, 3.05) is 13.1 Å². The normalized spacial score (nSPS) is 15.6. The van der Waals surface area contributed by atoms with Crippen molar-refractivity contribution in [2.45, 2.75) is 32.9 Å². The van der Waals surface area contributed by atoms with Gasteiger partial charge in [-0.1, -0.05) is 34.1 Å². The van der Waals surface area contributed by atoms with Gasteiger partial charge in [0, 0.05) is 37.6 Å². The number of nitrogens with one attached hydrogen (secondary N) is 1. The minimum atomic E-state index is -0.0377. The molecule has 1 unspecified atom stereocenters. The fraction of sp³-hybridized carbons (Fsp3) is 0.381. The van der Waals surface area contributed by atoms with Crippen molar-refractivity contribution >= 4 is 27.7 Å². The average molecular weight is 445 g/mol. The third-order valence-corrected chi connectivity index (χ3v) is 5.50. The number of carbonyl (C=O) groups excluding carboxylic acids is 2. The Morgan fingerprint density at radius 2 is 2.14 bits per heavy atom. The van der Waals surface area contributed by atoms with Gasteiger partial charge < -0.3 is 10.2 Å². The average Bonchev–Trinajstić information content (AvgIpc) is 3.10. The largest absolute Gasteiger partial charge is 0.356 e. The fourth-order valence-corrected chi connectivity index (χ4v) is 3.76. The summed E-state index contributed by atoms with van der Waals surface area (Å²) in [7, 11) is 0. The van der Waals surface area contributed by atoms with Crippen LogP contribution in [0.5, 0.6) is 0 Å². The zero-order valence-electron chi connectivity index (χ0n) is 16.0. The number of rotatable bonds is 7. The maximum Gasteiger partial charge on any atom is 0.257 e. The maximum absolute atomic E-state index is 13.3. The highest BCUT2D eigenvalue weighted by atomic mass is 79.9. The van der Waals surface area contributed by atoms with E-state index in [1.807, 2.05) is 28.9 Å². The van der Waals surface area contributed by atoms with Gasteiger partial charge in [0.2, 0.25) is 5.91 Å². The Kier molecular flexibility index (Phi) is 6.67. The molecular weight excluding hydrogens is 420 g/mol. The summed E-state index contributed by atoms with van der Waals surface area (Å²) in [5, 5.41) is 7.30. The van der Waals surface area contributed by atoms with Gasteiger partial charge in [0.15, 0.2) is 0 Å². The second-order valence-electron chi connectivity index (χ2n) is 7.12. The zero-order valence-corrected chi connectivity index (χ0v) is 17.6. The number of aromatic nitrogens is 2. The molecule has 7 heteroatoms. The molecular formula is C21H25BrN4O2. The van der Waals surface area contributed by atoms with E-state index in [1.54, 1.807) is 17.2 Å². The van der Waals surface area contributed by atoms with E-state index in [1.165, 1.54) is 6.92 Å².